The molecule has 1 fully saturated rings. The van der Waals surface area contributed by atoms with Crippen LogP contribution in [-0.2, 0) is 6.54 Å². The first-order valence-electron chi connectivity index (χ1n) is 10.4. The minimum absolute atomic E-state index is 0.0229. The average molecular weight is 471 g/mol. The molecule has 0 radical (unpaired) electrons. The first kappa shape index (κ1) is 23.0. The molecule has 0 bridgehead atoms. The molecule has 14 heteroatoms. The quantitative estimate of drug-likeness (QED) is 0.331. The van der Waals surface area contributed by atoms with Crippen molar-refractivity contribution in [3.8, 4) is 23.1 Å². The predicted molar refractivity (Wildman–Crippen MR) is 119 cm³/mol. The van der Waals surface area contributed by atoms with Crippen LogP contribution in [0.4, 0.5) is 5.82 Å². The van der Waals surface area contributed by atoms with Crippen LogP contribution >= 0.6 is 0 Å². The van der Waals surface area contributed by atoms with Gasteiger partial charge in [-0.25, -0.2) is 10.1 Å². The molecule has 3 heterocycles. The normalized spacial score (nSPS) is 14.0. The number of hydrogen-bond donors (Lipinski definition) is 2. The molecule has 0 spiro atoms. The zero-order valence-electron chi connectivity index (χ0n) is 19.0. The molecule has 1 aliphatic heterocycles. The SMILES string of the molecule is COc1ccc(/C=N\NC(=O)c2c(CN3CCCC3)nnn2-c2nonc2N)c(OC)c1OC. The predicted octanol–water partition coefficient (Wildman–Crippen LogP) is 0.618. The topological polar surface area (TPSA) is 168 Å². The van der Waals surface area contributed by atoms with Gasteiger partial charge in [0.25, 0.3) is 5.91 Å². The zero-order chi connectivity index (χ0) is 24.1. The van der Waals surface area contributed by atoms with Crippen LogP contribution in [0.15, 0.2) is 21.9 Å². The van der Waals surface area contributed by atoms with Gasteiger partial charge in [0.15, 0.2) is 17.2 Å². The maximum atomic E-state index is 13.2. The lowest BCUT2D eigenvalue weighted by Crippen LogP contribution is -2.26. The first-order valence-corrected chi connectivity index (χ1v) is 10.4. The number of likely N-dealkylation sites (tertiary alicyclic amines) is 1. The summed E-state index contributed by atoms with van der Waals surface area (Å²) in [5.41, 5.74) is 9.47. The standard InChI is InChI=1S/C20H25N9O5/c1-31-14-7-6-12(16(32-2)17(14)33-3)10-22-24-20(30)15-13(11-28-8-4-5-9-28)23-27-29(15)19-18(21)25-34-26-19/h6-7,10H,4-5,8-9,11H2,1-3H3,(H2,21,25)(H,24,30)/b22-10-. The second kappa shape index (κ2) is 10.2. The van der Waals surface area contributed by atoms with Crippen LogP contribution in [-0.4, -0.2) is 76.7 Å². The number of nitrogens with one attached hydrogen (secondary N) is 1. The number of nitrogens with two attached hydrogens (primary N) is 1. The van der Waals surface area contributed by atoms with Crippen molar-refractivity contribution in [1.82, 2.24) is 35.6 Å². The number of hydrogen-bond acceptors (Lipinski definition) is 12. The second-order valence-electron chi connectivity index (χ2n) is 7.38. The molecular weight excluding hydrogens is 446 g/mol. The van der Waals surface area contributed by atoms with Gasteiger partial charge in [-0.15, -0.1) is 5.10 Å². The summed E-state index contributed by atoms with van der Waals surface area (Å²) in [6, 6.07) is 3.43. The van der Waals surface area contributed by atoms with Gasteiger partial charge in [0, 0.05) is 12.1 Å². The van der Waals surface area contributed by atoms with E-state index >= 15 is 0 Å². The third-order valence-electron chi connectivity index (χ3n) is 5.33. The van der Waals surface area contributed by atoms with E-state index in [1.165, 1.54) is 32.2 Å². The Labute approximate surface area is 194 Å². The lowest BCUT2D eigenvalue weighted by Gasteiger charge is -2.14. The molecule has 1 saturated heterocycles. The molecule has 0 unspecified atom stereocenters. The summed E-state index contributed by atoms with van der Waals surface area (Å²) in [5, 5.41) is 19.6. The van der Waals surface area contributed by atoms with Crippen molar-refractivity contribution in [2.75, 3.05) is 40.2 Å². The Morgan fingerprint density at radius 1 is 1.18 bits per heavy atom. The van der Waals surface area contributed by atoms with Gasteiger partial charge in [0.05, 0.1) is 27.5 Å². The monoisotopic (exact) mass is 471 g/mol. The van der Waals surface area contributed by atoms with E-state index in [4.69, 9.17) is 19.9 Å². The highest BCUT2D eigenvalue weighted by Gasteiger charge is 2.27. The van der Waals surface area contributed by atoms with Crippen LogP contribution in [0, 0.1) is 0 Å². The molecule has 3 N–H and O–H groups in total. The van der Waals surface area contributed by atoms with E-state index in [2.05, 4.69) is 40.7 Å². The van der Waals surface area contributed by atoms with Crippen LogP contribution in [0.2, 0.25) is 0 Å². The summed E-state index contributed by atoms with van der Waals surface area (Å²) in [6.07, 6.45) is 3.61. The number of amides is 1. The number of aromatic nitrogens is 5. The Balaban J connectivity index is 1.61. The number of rotatable bonds is 9. The van der Waals surface area contributed by atoms with E-state index < -0.39 is 5.91 Å². The zero-order valence-corrected chi connectivity index (χ0v) is 19.0. The fraction of sp³-hybridized carbons (Fsp3) is 0.400. The Kier molecular flexibility index (Phi) is 6.87. The van der Waals surface area contributed by atoms with Crippen LogP contribution in [0.3, 0.4) is 0 Å². The van der Waals surface area contributed by atoms with Crippen molar-refractivity contribution in [2.24, 2.45) is 5.10 Å². The minimum Gasteiger partial charge on any atom is -0.493 e. The number of methoxy groups -OCH3 is 3. The molecule has 14 nitrogen and oxygen atoms in total. The van der Waals surface area contributed by atoms with Crippen molar-refractivity contribution in [3.63, 3.8) is 0 Å². The van der Waals surface area contributed by atoms with E-state index in [1.54, 1.807) is 12.1 Å². The molecule has 0 saturated carbocycles. The van der Waals surface area contributed by atoms with Gasteiger partial charge in [0.2, 0.25) is 17.4 Å². The highest BCUT2D eigenvalue weighted by atomic mass is 16.6. The third-order valence-corrected chi connectivity index (χ3v) is 5.33. The number of hydrazone groups is 1. The molecule has 0 aliphatic carbocycles. The lowest BCUT2D eigenvalue weighted by atomic mass is 10.2. The highest BCUT2D eigenvalue weighted by molar-refractivity contribution is 5.95. The highest BCUT2D eigenvalue weighted by Crippen LogP contribution is 2.39. The molecule has 2 aromatic heterocycles. The van der Waals surface area contributed by atoms with Gasteiger partial charge in [-0.1, -0.05) is 5.21 Å². The number of ether oxygens (including phenoxy) is 3. The van der Waals surface area contributed by atoms with E-state index in [0.29, 0.717) is 35.1 Å². The van der Waals surface area contributed by atoms with E-state index in [9.17, 15) is 4.79 Å². The Morgan fingerprint density at radius 3 is 2.59 bits per heavy atom. The van der Waals surface area contributed by atoms with E-state index in [1.807, 2.05) is 0 Å². The second-order valence-corrected chi connectivity index (χ2v) is 7.38. The largest absolute Gasteiger partial charge is 0.493 e. The van der Waals surface area contributed by atoms with Crippen molar-refractivity contribution in [3.05, 3.63) is 29.1 Å². The summed E-state index contributed by atoms with van der Waals surface area (Å²) in [4.78, 5) is 15.3. The third kappa shape index (κ3) is 4.47. The summed E-state index contributed by atoms with van der Waals surface area (Å²) >= 11 is 0. The van der Waals surface area contributed by atoms with Gasteiger partial charge >= 0.3 is 0 Å². The summed E-state index contributed by atoms with van der Waals surface area (Å²) in [5.74, 6) is 0.798. The van der Waals surface area contributed by atoms with Crippen molar-refractivity contribution in [2.45, 2.75) is 19.4 Å². The van der Waals surface area contributed by atoms with Crippen molar-refractivity contribution >= 4 is 17.9 Å². The fourth-order valence-electron chi connectivity index (χ4n) is 3.72. The lowest BCUT2D eigenvalue weighted by molar-refractivity contribution is 0.0945. The number of nitrogens with zero attached hydrogens (tertiary/aromatic N) is 7. The Hall–Kier alpha value is -4.20. The van der Waals surface area contributed by atoms with E-state index in [-0.39, 0.29) is 17.3 Å². The van der Waals surface area contributed by atoms with Crippen LogP contribution < -0.4 is 25.4 Å². The average Bonchev–Trinajstić information content (AvgIpc) is 3.60. The van der Waals surface area contributed by atoms with Gasteiger partial charge in [-0.05, 0) is 48.4 Å². The Morgan fingerprint density at radius 2 is 1.94 bits per heavy atom. The molecule has 1 amide bonds. The summed E-state index contributed by atoms with van der Waals surface area (Å²) < 4.78 is 21.9. The minimum atomic E-state index is -0.558. The van der Waals surface area contributed by atoms with Gasteiger partial charge < -0.3 is 19.9 Å². The number of carbonyl (C=O) groups excluding carboxylic acids is 1. The van der Waals surface area contributed by atoms with Crippen LogP contribution in [0.25, 0.3) is 5.82 Å². The molecule has 4 rings (SSSR count). The molecule has 1 aromatic carbocycles. The molecule has 0 atom stereocenters. The van der Waals surface area contributed by atoms with Crippen molar-refractivity contribution in [1.29, 1.82) is 0 Å². The van der Waals surface area contributed by atoms with Gasteiger partial charge in [-0.3, -0.25) is 9.69 Å². The maximum absolute atomic E-state index is 13.2. The number of benzene rings is 1. The maximum Gasteiger partial charge on any atom is 0.292 e. The smallest absolute Gasteiger partial charge is 0.292 e. The van der Waals surface area contributed by atoms with Crippen molar-refractivity contribution < 1.29 is 23.6 Å². The Bertz CT molecular complexity index is 1180. The van der Waals surface area contributed by atoms with Crippen LogP contribution in [0.5, 0.6) is 17.2 Å². The van der Waals surface area contributed by atoms with Crippen LogP contribution in [0.1, 0.15) is 34.6 Å². The molecule has 180 valence electrons. The number of nitrogen functional groups attached to an aromatic ring is 1. The summed E-state index contributed by atoms with van der Waals surface area (Å²) in [6.45, 7) is 2.28. The number of anilines is 1. The number of carbonyl (C=O) groups is 1. The molecule has 3 aromatic rings. The first-order chi connectivity index (χ1) is 16.6. The fourth-order valence-corrected chi connectivity index (χ4v) is 3.72. The molecular formula is C20H25N9O5. The van der Waals surface area contributed by atoms with Gasteiger partial charge in [0.1, 0.15) is 5.69 Å². The summed E-state index contributed by atoms with van der Waals surface area (Å²) in [7, 11) is 4.53. The van der Waals surface area contributed by atoms with E-state index in [0.717, 1.165) is 25.9 Å². The molecule has 1 aliphatic rings. The molecule has 34 heavy (non-hydrogen) atoms. The van der Waals surface area contributed by atoms with Gasteiger partial charge in [-0.2, -0.15) is 9.78 Å².